The zero-order chi connectivity index (χ0) is 16.8. The molecule has 6 heteroatoms. The number of primary amides is 1. The summed E-state index contributed by atoms with van der Waals surface area (Å²) in [5, 5.41) is 6.29. The van der Waals surface area contributed by atoms with Gasteiger partial charge in [-0.2, -0.15) is 4.98 Å². The molecule has 1 heterocycles. The summed E-state index contributed by atoms with van der Waals surface area (Å²) in [5.41, 5.74) is 7.86. The second-order valence-corrected chi connectivity index (χ2v) is 5.45. The number of carbonyl (C=O) groups excluding carboxylic acids is 1. The largest absolute Gasteiger partial charge is 0.365 e. The van der Waals surface area contributed by atoms with Crippen LogP contribution in [0.3, 0.4) is 0 Å². The fourth-order valence-corrected chi connectivity index (χ4v) is 2.41. The third-order valence-electron chi connectivity index (χ3n) is 3.67. The van der Waals surface area contributed by atoms with Gasteiger partial charge in [-0.05, 0) is 25.0 Å². The Morgan fingerprint density at radius 3 is 2.79 bits per heavy atom. The van der Waals surface area contributed by atoms with Crippen molar-refractivity contribution in [1.29, 1.82) is 0 Å². The Hall–Kier alpha value is -3.15. The molecule has 1 aliphatic rings. The van der Waals surface area contributed by atoms with Crippen LogP contribution >= 0.6 is 0 Å². The predicted molar refractivity (Wildman–Crippen MR) is 95.2 cm³/mol. The van der Waals surface area contributed by atoms with Gasteiger partial charge < -0.3 is 16.4 Å². The van der Waals surface area contributed by atoms with Crippen LogP contribution in [0.5, 0.6) is 0 Å². The topological polar surface area (TPSA) is 92.9 Å². The predicted octanol–water partition coefficient (Wildman–Crippen LogP) is 3.01. The maximum absolute atomic E-state index is 11.6. The van der Waals surface area contributed by atoms with Crippen LogP contribution in [-0.4, -0.2) is 22.4 Å². The summed E-state index contributed by atoms with van der Waals surface area (Å²) in [6, 6.07) is 9.49. The van der Waals surface area contributed by atoms with Gasteiger partial charge >= 0.3 is 0 Å². The molecule has 6 nitrogen and oxygen atoms in total. The number of nitrogens with one attached hydrogen (secondary N) is 2. The van der Waals surface area contributed by atoms with E-state index in [1.54, 1.807) is 0 Å². The van der Waals surface area contributed by atoms with Gasteiger partial charge in [0.15, 0.2) is 0 Å². The third-order valence-corrected chi connectivity index (χ3v) is 3.67. The van der Waals surface area contributed by atoms with E-state index in [9.17, 15) is 4.79 Å². The maximum atomic E-state index is 11.6. The summed E-state index contributed by atoms with van der Waals surface area (Å²) >= 11 is 0. The van der Waals surface area contributed by atoms with Crippen LogP contribution in [0.4, 0.5) is 17.5 Å². The first-order valence-corrected chi connectivity index (χ1v) is 7.80. The number of hydrogen-bond donors (Lipinski definition) is 3. The molecule has 1 aromatic carbocycles. The minimum Gasteiger partial charge on any atom is -0.365 e. The number of rotatable bonds is 7. The highest BCUT2D eigenvalue weighted by molar-refractivity contribution is 5.98. The summed E-state index contributed by atoms with van der Waals surface area (Å²) in [5.74, 6) is 0.292. The van der Waals surface area contributed by atoms with Crippen molar-refractivity contribution in [2.45, 2.75) is 12.8 Å². The van der Waals surface area contributed by atoms with Crippen molar-refractivity contribution in [3.63, 3.8) is 0 Å². The number of carbonyl (C=O) groups is 1. The van der Waals surface area contributed by atoms with Crippen molar-refractivity contribution in [2.75, 3.05) is 17.2 Å². The minimum atomic E-state index is -0.567. The van der Waals surface area contributed by atoms with E-state index in [0.717, 1.165) is 25.1 Å². The monoisotopic (exact) mass is 321 g/mol. The number of aromatic nitrogens is 2. The van der Waals surface area contributed by atoms with Gasteiger partial charge in [-0.15, -0.1) is 0 Å². The summed E-state index contributed by atoms with van der Waals surface area (Å²) in [7, 11) is 0. The maximum Gasteiger partial charge on any atom is 0.254 e. The van der Waals surface area contributed by atoms with Gasteiger partial charge in [0.25, 0.3) is 5.91 Å². The first-order chi connectivity index (χ1) is 11.7. The van der Waals surface area contributed by atoms with E-state index in [2.05, 4.69) is 38.8 Å². The Morgan fingerprint density at radius 1 is 1.25 bits per heavy atom. The summed E-state index contributed by atoms with van der Waals surface area (Å²) in [4.78, 5) is 20.1. The Labute approximate surface area is 140 Å². The summed E-state index contributed by atoms with van der Waals surface area (Å²) in [6.45, 7) is 0.730. The Bertz CT molecular complexity index is 783. The van der Waals surface area contributed by atoms with Crippen molar-refractivity contribution >= 4 is 23.4 Å². The molecule has 0 saturated carbocycles. The van der Waals surface area contributed by atoms with Crippen LogP contribution in [0.25, 0.3) is 0 Å². The first-order valence-electron chi connectivity index (χ1n) is 7.80. The molecule has 0 unspecified atom stereocenters. The Balaban J connectivity index is 1.71. The van der Waals surface area contributed by atoms with Gasteiger partial charge in [0, 0.05) is 18.4 Å². The average molecular weight is 321 g/mol. The minimum absolute atomic E-state index is 0.257. The third kappa shape index (κ3) is 3.98. The SMILES string of the molecule is NC(=O)c1cnc(NCCC2=CC=CC2)nc1Nc1ccccc1. The highest BCUT2D eigenvalue weighted by atomic mass is 16.1. The normalized spacial score (nSPS) is 12.8. The standard InChI is InChI=1S/C18H19N5O/c19-16(24)15-12-21-18(20-11-10-13-6-4-5-7-13)23-17(15)22-14-8-2-1-3-9-14/h1-6,8-9,12H,7,10-11H2,(H2,19,24)(H2,20,21,22,23). The Kier molecular flexibility index (Phi) is 4.86. The van der Waals surface area contributed by atoms with Gasteiger partial charge in [0.1, 0.15) is 11.4 Å². The molecule has 0 atom stereocenters. The highest BCUT2D eigenvalue weighted by Crippen LogP contribution is 2.20. The molecular formula is C18H19N5O. The van der Waals surface area contributed by atoms with E-state index in [0.29, 0.717) is 11.8 Å². The van der Waals surface area contributed by atoms with Crippen molar-refractivity contribution in [1.82, 2.24) is 9.97 Å². The van der Waals surface area contributed by atoms with Crippen molar-refractivity contribution < 1.29 is 4.79 Å². The molecule has 0 radical (unpaired) electrons. The molecule has 2 aromatic rings. The van der Waals surface area contributed by atoms with Crippen molar-refractivity contribution in [3.05, 3.63) is 65.9 Å². The molecule has 3 rings (SSSR count). The molecule has 4 N–H and O–H groups in total. The second-order valence-electron chi connectivity index (χ2n) is 5.45. The molecule has 0 spiro atoms. The fourth-order valence-electron chi connectivity index (χ4n) is 2.41. The number of para-hydroxylation sites is 1. The zero-order valence-electron chi connectivity index (χ0n) is 13.2. The lowest BCUT2D eigenvalue weighted by Gasteiger charge is -2.11. The molecule has 1 aliphatic carbocycles. The number of nitrogens with two attached hydrogens (primary N) is 1. The van der Waals surface area contributed by atoms with E-state index >= 15 is 0 Å². The second kappa shape index (κ2) is 7.41. The van der Waals surface area contributed by atoms with Crippen LogP contribution < -0.4 is 16.4 Å². The average Bonchev–Trinajstić information content (AvgIpc) is 3.09. The van der Waals surface area contributed by atoms with Crippen LogP contribution in [0.1, 0.15) is 23.2 Å². The van der Waals surface area contributed by atoms with Gasteiger partial charge in [-0.1, -0.05) is 42.0 Å². The summed E-state index contributed by atoms with van der Waals surface area (Å²) < 4.78 is 0. The molecule has 0 fully saturated rings. The van der Waals surface area contributed by atoms with Crippen LogP contribution in [-0.2, 0) is 0 Å². The molecule has 1 amide bonds. The van der Waals surface area contributed by atoms with Crippen molar-refractivity contribution in [3.8, 4) is 0 Å². The lowest BCUT2D eigenvalue weighted by atomic mass is 10.2. The number of hydrogen-bond acceptors (Lipinski definition) is 5. The lowest BCUT2D eigenvalue weighted by Crippen LogP contribution is -2.16. The molecular weight excluding hydrogens is 302 g/mol. The van der Waals surface area contributed by atoms with Gasteiger partial charge in [0.2, 0.25) is 5.95 Å². The van der Waals surface area contributed by atoms with Crippen LogP contribution in [0, 0.1) is 0 Å². The van der Waals surface area contributed by atoms with E-state index in [1.807, 2.05) is 30.3 Å². The molecule has 0 bridgehead atoms. The number of anilines is 3. The lowest BCUT2D eigenvalue weighted by molar-refractivity contribution is 0.100. The zero-order valence-corrected chi connectivity index (χ0v) is 13.2. The number of amides is 1. The van der Waals surface area contributed by atoms with Crippen LogP contribution in [0.15, 0.2) is 60.3 Å². The quantitative estimate of drug-likeness (QED) is 0.729. The molecule has 0 saturated heterocycles. The van der Waals surface area contributed by atoms with Gasteiger partial charge in [0.05, 0.1) is 0 Å². The number of benzene rings is 1. The van der Waals surface area contributed by atoms with Crippen molar-refractivity contribution in [2.24, 2.45) is 5.73 Å². The molecule has 122 valence electrons. The summed E-state index contributed by atoms with van der Waals surface area (Å²) in [6.07, 6.45) is 9.70. The van der Waals surface area contributed by atoms with E-state index in [-0.39, 0.29) is 5.56 Å². The van der Waals surface area contributed by atoms with E-state index in [1.165, 1.54) is 11.8 Å². The van der Waals surface area contributed by atoms with E-state index < -0.39 is 5.91 Å². The smallest absolute Gasteiger partial charge is 0.254 e. The van der Waals surface area contributed by atoms with E-state index in [4.69, 9.17) is 5.73 Å². The van der Waals surface area contributed by atoms with Crippen LogP contribution in [0.2, 0.25) is 0 Å². The number of allylic oxidation sites excluding steroid dienone is 3. The molecule has 0 aliphatic heterocycles. The highest BCUT2D eigenvalue weighted by Gasteiger charge is 2.12. The van der Waals surface area contributed by atoms with Gasteiger partial charge in [-0.25, -0.2) is 4.98 Å². The molecule has 1 aromatic heterocycles. The van der Waals surface area contributed by atoms with Gasteiger partial charge in [-0.3, -0.25) is 4.79 Å². The molecule has 24 heavy (non-hydrogen) atoms. The first kappa shape index (κ1) is 15.7. The number of nitrogens with zero attached hydrogens (tertiary/aromatic N) is 2. The Morgan fingerprint density at radius 2 is 2.08 bits per heavy atom. The fraction of sp³-hybridized carbons (Fsp3) is 0.167.